The summed E-state index contributed by atoms with van der Waals surface area (Å²) < 4.78 is 4.98. The zero-order chi connectivity index (χ0) is 14.7. The van der Waals surface area contributed by atoms with E-state index in [0.717, 1.165) is 4.88 Å². The number of aromatic amines is 1. The number of aryl methyl sites for hydroxylation is 2. The number of carbonyl (C=O) groups excluding carboxylic acids is 2. The molecule has 7 heteroatoms. The second-order valence-corrected chi connectivity index (χ2v) is 5.44. The van der Waals surface area contributed by atoms with Crippen molar-refractivity contribution in [2.75, 3.05) is 11.9 Å². The third kappa shape index (κ3) is 2.88. The predicted octanol–water partition coefficient (Wildman–Crippen LogP) is 2.52. The Morgan fingerprint density at radius 1 is 1.40 bits per heavy atom. The summed E-state index contributed by atoms with van der Waals surface area (Å²) in [6.07, 6.45) is 1.45. The van der Waals surface area contributed by atoms with E-state index in [-0.39, 0.29) is 5.91 Å². The molecule has 0 bridgehead atoms. The molecule has 0 radical (unpaired) electrons. The molecule has 106 valence electrons. The molecule has 2 heterocycles. The van der Waals surface area contributed by atoms with Gasteiger partial charge in [0.1, 0.15) is 5.00 Å². The fourth-order valence-corrected chi connectivity index (χ4v) is 2.61. The van der Waals surface area contributed by atoms with Crippen molar-refractivity contribution in [3.05, 3.63) is 34.0 Å². The van der Waals surface area contributed by atoms with Crippen LogP contribution >= 0.6 is 11.3 Å². The summed E-state index contributed by atoms with van der Waals surface area (Å²) >= 11 is 1.34. The first-order valence-electron chi connectivity index (χ1n) is 6.11. The summed E-state index contributed by atoms with van der Waals surface area (Å²) in [5.74, 6) is -0.736. The molecule has 0 spiro atoms. The number of nitrogens with one attached hydrogen (secondary N) is 2. The average Bonchev–Trinajstić information content (AvgIpc) is 2.96. The third-order valence-electron chi connectivity index (χ3n) is 2.65. The summed E-state index contributed by atoms with van der Waals surface area (Å²) in [6.45, 7) is 5.66. The number of amides is 1. The number of H-pyrrole nitrogens is 1. The van der Waals surface area contributed by atoms with Gasteiger partial charge in [0.2, 0.25) is 0 Å². The molecule has 1 amide bonds. The van der Waals surface area contributed by atoms with E-state index in [1.54, 1.807) is 19.9 Å². The van der Waals surface area contributed by atoms with Crippen LogP contribution in [0.15, 0.2) is 12.3 Å². The predicted molar refractivity (Wildman–Crippen MR) is 76.3 cm³/mol. The maximum atomic E-state index is 12.1. The average molecular weight is 293 g/mol. The number of rotatable bonds is 4. The molecule has 2 N–H and O–H groups in total. The molecule has 20 heavy (non-hydrogen) atoms. The first kappa shape index (κ1) is 14.3. The highest BCUT2D eigenvalue weighted by Gasteiger charge is 2.19. The van der Waals surface area contributed by atoms with Gasteiger partial charge in [-0.05, 0) is 26.8 Å². The lowest BCUT2D eigenvalue weighted by Crippen LogP contribution is -2.14. The van der Waals surface area contributed by atoms with Crippen LogP contribution < -0.4 is 5.32 Å². The Morgan fingerprint density at radius 2 is 2.15 bits per heavy atom. The maximum absolute atomic E-state index is 12.1. The molecule has 0 saturated heterocycles. The number of nitrogens with zero attached hydrogens (tertiary/aromatic N) is 1. The van der Waals surface area contributed by atoms with E-state index in [1.807, 2.05) is 6.92 Å². The normalized spacial score (nSPS) is 10.3. The van der Waals surface area contributed by atoms with Gasteiger partial charge in [-0.3, -0.25) is 9.89 Å². The van der Waals surface area contributed by atoms with Crippen molar-refractivity contribution in [1.82, 2.24) is 10.2 Å². The molecule has 2 aromatic rings. The summed E-state index contributed by atoms with van der Waals surface area (Å²) in [5, 5.41) is 9.73. The molecule has 0 aliphatic heterocycles. The Kier molecular flexibility index (Phi) is 4.19. The smallest absolute Gasteiger partial charge is 0.341 e. The largest absolute Gasteiger partial charge is 0.462 e. The summed E-state index contributed by atoms with van der Waals surface area (Å²) in [5.41, 5.74) is 1.50. The number of ether oxygens (including phenoxy) is 1. The Morgan fingerprint density at radius 3 is 2.75 bits per heavy atom. The van der Waals surface area contributed by atoms with Crippen molar-refractivity contribution in [2.45, 2.75) is 20.8 Å². The van der Waals surface area contributed by atoms with Gasteiger partial charge in [-0.25, -0.2) is 4.79 Å². The molecular weight excluding hydrogens is 278 g/mol. The van der Waals surface area contributed by atoms with Crippen molar-refractivity contribution in [3.63, 3.8) is 0 Å². The van der Waals surface area contributed by atoms with E-state index >= 15 is 0 Å². The summed E-state index contributed by atoms with van der Waals surface area (Å²) in [7, 11) is 0. The minimum Gasteiger partial charge on any atom is -0.462 e. The number of carbonyl (C=O) groups is 2. The highest BCUT2D eigenvalue weighted by molar-refractivity contribution is 7.16. The van der Waals surface area contributed by atoms with Gasteiger partial charge in [-0.15, -0.1) is 11.3 Å². The zero-order valence-corrected chi connectivity index (χ0v) is 12.3. The van der Waals surface area contributed by atoms with E-state index in [4.69, 9.17) is 4.74 Å². The van der Waals surface area contributed by atoms with E-state index < -0.39 is 5.97 Å². The van der Waals surface area contributed by atoms with Crippen molar-refractivity contribution < 1.29 is 14.3 Å². The minimum atomic E-state index is -0.434. The highest BCUT2D eigenvalue weighted by atomic mass is 32.1. The second-order valence-electron chi connectivity index (χ2n) is 4.18. The monoisotopic (exact) mass is 293 g/mol. The Bertz CT molecular complexity index is 645. The number of thiophene rings is 1. The molecule has 0 fully saturated rings. The van der Waals surface area contributed by atoms with Crippen LogP contribution in [-0.4, -0.2) is 28.7 Å². The van der Waals surface area contributed by atoms with Crippen molar-refractivity contribution in [3.8, 4) is 0 Å². The number of esters is 1. The molecular formula is C13H15N3O3S. The Labute approximate surface area is 120 Å². The SMILES string of the molecule is CCOC(=O)c1cc(C)sc1NC(=O)c1cn[nH]c1C. The lowest BCUT2D eigenvalue weighted by molar-refractivity contribution is 0.0528. The van der Waals surface area contributed by atoms with Crippen LogP contribution in [0, 0.1) is 13.8 Å². The van der Waals surface area contributed by atoms with Crippen LogP contribution in [0.3, 0.4) is 0 Å². The molecule has 0 aliphatic rings. The van der Waals surface area contributed by atoms with Gasteiger partial charge in [0.05, 0.1) is 23.9 Å². The molecule has 2 rings (SSSR count). The minimum absolute atomic E-state index is 0.294. The maximum Gasteiger partial charge on any atom is 0.341 e. The van der Waals surface area contributed by atoms with Crippen LogP contribution in [0.25, 0.3) is 0 Å². The Balaban J connectivity index is 2.23. The van der Waals surface area contributed by atoms with Crippen LogP contribution in [-0.2, 0) is 4.74 Å². The third-order valence-corrected chi connectivity index (χ3v) is 3.62. The number of aromatic nitrogens is 2. The molecule has 0 saturated carbocycles. The quantitative estimate of drug-likeness (QED) is 0.848. The van der Waals surface area contributed by atoms with Gasteiger partial charge in [-0.2, -0.15) is 5.10 Å². The first-order chi connectivity index (χ1) is 9.52. The van der Waals surface area contributed by atoms with Gasteiger partial charge < -0.3 is 10.1 Å². The molecule has 0 atom stereocenters. The fraction of sp³-hybridized carbons (Fsp3) is 0.308. The van der Waals surface area contributed by atoms with Crippen molar-refractivity contribution in [2.24, 2.45) is 0 Å². The van der Waals surface area contributed by atoms with Gasteiger partial charge >= 0.3 is 5.97 Å². The Hall–Kier alpha value is -2.15. The molecule has 0 unspecified atom stereocenters. The van der Waals surface area contributed by atoms with E-state index in [0.29, 0.717) is 28.4 Å². The van der Waals surface area contributed by atoms with Crippen molar-refractivity contribution in [1.29, 1.82) is 0 Å². The highest BCUT2D eigenvalue weighted by Crippen LogP contribution is 2.28. The lowest BCUT2D eigenvalue weighted by Gasteiger charge is -2.05. The molecule has 2 aromatic heterocycles. The number of hydrogen-bond donors (Lipinski definition) is 2. The first-order valence-corrected chi connectivity index (χ1v) is 6.93. The van der Waals surface area contributed by atoms with Gasteiger partial charge in [-0.1, -0.05) is 0 Å². The summed E-state index contributed by atoms with van der Waals surface area (Å²) in [6, 6.07) is 1.71. The summed E-state index contributed by atoms with van der Waals surface area (Å²) in [4.78, 5) is 24.9. The molecule has 0 aromatic carbocycles. The lowest BCUT2D eigenvalue weighted by atomic mass is 10.2. The molecule has 0 aliphatic carbocycles. The van der Waals surface area contributed by atoms with E-state index in [9.17, 15) is 9.59 Å². The van der Waals surface area contributed by atoms with Crippen LogP contribution in [0.2, 0.25) is 0 Å². The van der Waals surface area contributed by atoms with Crippen LogP contribution in [0.1, 0.15) is 38.2 Å². The van der Waals surface area contributed by atoms with E-state index in [1.165, 1.54) is 17.5 Å². The van der Waals surface area contributed by atoms with Crippen LogP contribution in [0.5, 0.6) is 0 Å². The molecule has 6 nitrogen and oxygen atoms in total. The standard InChI is InChI=1S/C13H15N3O3S/c1-4-19-13(18)9-5-7(2)20-12(9)15-11(17)10-6-14-16-8(10)3/h5-6H,4H2,1-3H3,(H,14,16)(H,15,17). The second kappa shape index (κ2) is 5.87. The zero-order valence-electron chi connectivity index (χ0n) is 11.4. The fourth-order valence-electron chi connectivity index (χ4n) is 1.72. The number of hydrogen-bond acceptors (Lipinski definition) is 5. The van der Waals surface area contributed by atoms with Crippen molar-refractivity contribution >= 4 is 28.2 Å². The van der Waals surface area contributed by atoms with Crippen LogP contribution in [0.4, 0.5) is 5.00 Å². The topological polar surface area (TPSA) is 84.1 Å². The van der Waals surface area contributed by atoms with Gasteiger partial charge in [0.15, 0.2) is 0 Å². The van der Waals surface area contributed by atoms with E-state index in [2.05, 4.69) is 15.5 Å². The number of anilines is 1. The van der Waals surface area contributed by atoms with Gasteiger partial charge in [0, 0.05) is 10.6 Å². The van der Waals surface area contributed by atoms with Gasteiger partial charge in [0.25, 0.3) is 5.91 Å².